The van der Waals surface area contributed by atoms with Gasteiger partial charge in [-0.15, -0.1) is 0 Å². The summed E-state index contributed by atoms with van der Waals surface area (Å²) in [7, 11) is 1.51. The lowest BCUT2D eigenvalue weighted by atomic mass is 9.86. The first-order chi connectivity index (χ1) is 17.4. The number of nitrogens with zero attached hydrogens (tertiary/aromatic N) is 5. The van der Waals surface area contributed by atoms with Crippen LogP contribution in [0.3, 0.4) is 0 Å². The van der Waals surface area contributed by atoms with E-state index in [-0.39, 0.29) is 17.5 Å². The third kappa shape index (κ3) is 4.81. The molecule has 1 amide bonds. The maximum Gasteiger partial charge on any atom is 0.316 e. The van der Waals surface area contributed by atoms with Crippen molar-refractivity contribution in [3.05, 3.63) is 60.2 Å². The monoisotopic (exact) mass is 494 g/mol. The summed E-state index contributed by atoms with van der Waals surface area (Å²) in [5, 5.41) is 17.6. The summed E-state index contributed by atoms with van der Waals surface area (Å²) in [4.78, 5) is 25.0. The highest BCUT2D eigenvalue weighted by atomic mass is 19.1. The summed E-state index contributed by atoms with van der Waals surface area (Å²) in [5.41, 5.74) is 2.17. The van der Waals surface area contributed by atoms with Gasteiger partial charge < -0.3 is 15.2 Å². The Kier molecular flexibility index (Phi) is 6.45. The molecular weight excluding hydrogens is 470 g/mol. The molecule has 186 valence electrons. The molecule has 2 N–H and O–H groups in total. The molecule has 0 spiro atoms. The predicted octanol–water partition coefficient (Wildman–Crippen LogP) is 4.04. The van der Waals surface area contributed by atoms with Crippen molar-refractivity contribution in [2.45, 2.75) is 31.7 Å². The van der Waals surface area contributed by atoms with Crippen LogP contribution in [0.1, 0.15) is 42.1 Å². The van der Waals surface area contributed by atoms with Crippen molar-refractivity contribution in [3.63, 3.8) is 0 Å². The van der Waals surface area contributed by atoms with Crippen molar-refractivity contribution in [3.8, 4) is 23.0 Å². The third-order valence-electron chi connectivity index (χ3n) is 6.54. The molecule has 5 rings (SSSR count). The van der Waals surface area contributed by atoms with Gasteiger partial charge in [-0.2, -0.15) is 5.10 Å². The molecule has 3 heterocycles. The first-order valence-corrected chi connectivity index (χ1v) is 11.6. The minimum atomic E-state index is -1.16. The first-order valence-electron chi connectivity index (χ1n) is 11.6. The summed E-state index contributed by atoms with van der Waals surface area (Å²) in [6, 6.07) is 4.15. The van der Waals surface area contributed by atoms with E-state index in [1.54, 1.807) is 18.6 Å². The molecule has 1 aliphatic rings. The maximum absolute atomic E-state index is 13.5. The van der Waals surface area contributed by atoms with Crippen LogP contribution >= 0.6 is 0 Å². The molecule has 9 nitrogen and oxygen atoms in total. The Balaban J connectivity index is 1.18. The number of aromatic hydroxyl groups is 1. The van der Waals surface area contributed by atoms with Gasteiger partial charge in [-0.05, 0) is 49.8 Å². The number of halogens is 2. The molecule has 0 saturated heterocycles. The molecule has 3 aromatic heterocycles. The van der Waals surface area contributed by atoms with E-state index < -0.39 is 23.3 Å². The second kappa shape index (κ2) is 9.84. The van der Waals surface area contributed by atoms with Gasteiger partial charge in [0.15, 0.2) is 17.4 Å². The Morgan fingerprint density at radius 3 is 2.44 bits per heavy atom. The zero-order chi connectivity index (χ0) is 25.2. The Hall–Kier alpha value is -4.15. The van der Waals surface area contributed by atoms with Crippen LogP contribution in [0.15, 0.2) is 43.0 Å². The number of carbonyl (C=O) groups excluding carboxylic acids is 1. The molecule has 1 aliphatic carbocycles. The predicted molar refractivity (Wildman–Crippen MR) is 126 cm³/mol. The number of methoxy groups -OCH3 is 1. The van der Waals surface area contributed by atoms with Crippen LogP contribution in [0, 0.1) is 17.6 Å². The van der Waals surface area contributed by atoms with Crippen molar-refractivity contribution in [2.75, 3.05) is 13.7 Å². The van der Waals surface area contributed by atoms with Crippen LogP contribution in [0.25, 0.3) is 22.2 Å². The second-order valence-corrected chi connectivity index (χ2v) is 8.87. The SMILES string of the molecule is COc1ncc(-c2cc3cn([C@H]4CC[C@H](CNC(=O)c5cc(F)c(O)c(F)c5)CC4)nc3cn2)cn1. The number of ether oxygens (including phenoxy) is 1. The Morgan fingerprint density at radius 1 is 1.08 bits per heavy atom. The van der Waals surface area contributed by atoms with Gasteiger partial charge in [-0.3, -0.25) is 14.5 Å². The molecule has 1 saturated carbocycles. The summed E-state index contributed by atoms with van der Waals surface area (Å²) in [6.45, 7) is 0.411. The molecule has 36 heavy (non-hydrogen) atoms. The number of pyridine rings is 1. The van der Waals surface area contributed by atoms with E-state index >= 15 is 0 Å². The molecule has 11 heteroatoms. The lowest BCUT2D eigenvalue weighted by Gasteiger charge is -2.28. The van der Waals surface area contributed by atoms with E-state index in [0.29, 0.717) is 12.6 Å². The molecule has 0 atom stereocenters. The minimum absolute atomic E-state index is 0.158. The molecule has 1 fully saturated rings. The van der Waals surface area contributed by atoms with Crippen LogP contribution in [-0.2, 0) is 0 Å². The fourth-order valence-corrected chi connectivity index (χ4v) is 4.49. The van der Waals surface area contributed by atoms with Gasteiger partial charge in [0, 0.05) is 41.6 Å². The molecule has 4 aromatic rings. The van der Waals surface area contributed by atoms with Gasteiger partial charge in [-0.1, -0.05) is 0 Å². The van der Waals surface area contributed by atoms with Crippen LogP contribution in [0.4, 0.5) is 8.78 Å². The quantitative estimate of drug-likeness (QED) is 0.416. The number of fused-ring (bicyclic) bond motifs is 1. The van der Waals surface area contributed by atoms with Crippen molar-refractivity contribution in [1.29, 1.82) is 0 Å². The number of phenols is 1. The Morgan fingerprint density at radius 2 is 1.78 bits per heavy atom. The summed E-state index contributed by atoms with van der Waals surface area (Å²) < 4.78 is 34.0. The molecule has 0 radical (unpaired) electrons. The number of carbonyl (C=O) groups is 1. The van der Waals surface area contributed by atoms with E-state index in [1.165, 1.54) is 7.11 Å². The fraction of sp³-hybridized carbons (Fsp3) is 0.320. The van der Waals surface area contributed by atoms with Gasteiger partial charge in [-0.25, -0.2) is 18.7 Å². The van der Waals surface area contributed by atoms with Crippen molar-refractivity contribution in [1.82, 2.24) is 30.0 Å². The lowest BCUT2D eigenvalue weighted by molar-refractivity contribution is 0.0940. The van der Waals surface area contributed by atoms with E-state index in [1.807, 2.05) is 16.9 Å². The number of benzene rings is 1. The number of hydrogen-bond donors (Lipinski definition) is 2. The number of phenolic OH excluding ortho intramolecular Hbond substituents is 1. The maximum atomic E-state index is 13.5. The van der Waals surface area contributed by atoms with E-state index in [2.05, 4.69) is 20.3 Å². The van der Waals surface area contributed by atoms with Gasteiger partial charge in [0.2, 0.25) is 0 Å². The van der Waals surface area contributed by atoms with Gasteiger partial charge in [0.05, 0.1) is 25.0 Å². The average molecular weight is 495 g/mol. The van der Waals surface area contributed by atoms with E-state index in [4.69, 9.17) is 9.84 Å². The molecule has 0 aliphatic heterocycles. The van der Waals surface area contributed by atoms with Gasteiger partial charge >= 0.3 is 6.01 Å². The number of amides is 1. The zero-order valence-electron chi connectivity index (χ0n) is 19.5. The van der Waals surface area contributed by atoms with Gasteiger partial charge in [0.1, 0.15) is 5.52 Å². The first kappa shape index (κ1) is 23.6. The normalized spacial score (nSPS) is 17.8. The molecule has 1 aromatic carbocycles. The highest BCUT2D eigenvalue weighted by Crippen LogP contribution is 2.33. The third-order valence-corrected chi connectivity index (χ3v) is 6.54. The van der Waals surface area contributed by atoms with Crippen molar-refractivity contribution < 1.29 is 23.4 Å². The Labute approximate surface area is 205 Å². The summed E-state index contributed by atoms with van der Waals surface area (Å²) >= 11 is 0. The standard InChI is InChI=1S/C25H24F2N6O3/c1-36-25-30-10-17(11-31-25)21-8-16-13-33(32-22(16)12-28-21)18-4-2-14(3-5-18)9-29-24(35)15-6-19(26)23(34)20(27)7-15/h6-8,10-14,18,34H,2-5,9H2,1H3,(H,29,35)/t14-,18-. The van der Waals surface area contributed by atoms with Crippen LogP contribution in [0.2, 0.25) is 0 Å². The van der Waals surface area contributed by atoms with E-state index in [9.17, 15) is 18.7 Å². The topological polar surface area (TPSA) is 115 Å². The number of hydrogen-bond acceptors (Lipinski definition) is 7. The smallest absolute Gasteiger partial charge is 0.316 e. The van der Waals surface area contributed by atoms with Crippen LogP contribution < -0.4 is 10.1 Å². The highest BCUT2D eigenvalue weighted by molar-refractivity contribution is 5.94. The number of rotatable bonds is 6. The summed E-state index contributed by atoms with van der Waals surface area (Å²) in [5.74, 6) is -3.72. The molecule has 0 bridgehead atoms. The zero-order valence-corrected chi connectivity index (χ0v) is 19.5. The van der Waals surface area contributed by atoms with Crippen molar-refractivity contribution in [2.24, 2.45) is 5.92 Å². The second-order valence-electron chi connectivity index (χ2n) is 8.87. The summed E-state index contributed by atoms with van der Waals surface area (Å²) in [6.07, 6.45) is 10.6. The van der Waals surface area contributed by atoms with Crippen molar-refractivity contribution >= 4 is 16.8 Å². The van der Waals surface area contributed by atoms with Crippen LogP contribution in [0.5, 0.6) is 11.8 Å². The fourth-order valence-electron chi connectivity index (χ4n) is 4.49. The lowest BCUT2D eigenvalue weighted by Crippen LogP contribution is -2.31. The van der Waals surface area contributed by atoms with Gasteiger partial charge in [0.25, 0.3) is 5.91 Å². The van der Waals surface area contributed by atoms with Crippen LogP contribution in [-0.4, -0.2) is 49.4 Å². The number of nitrogens with one attached hydrogen (secondary N) is 1. The largest absolute Gasteiger partial charge is 0.503 e. The minimum Gasteiger partial charge on any atom is -0.503 e. The highest BCUT2D eigenvalue weighted by Gasteiger charge is 2.24. The molecule has 0 unspecified atom stereocenters. The number of aromatic nitrogens is 5. The average Bonchev–Trinajstić information content (AvgIpc) is 3.34. The van der Waals surface area contributed by atoms with E-state index in [0.717, 1.165) is 60.0 Å². The molecular formula is C25H24F2N6O3. The Bertz CT molecular complexity index is 1380.